The average Bonchev–Trinajstić information content (AvgIpc) is 3.33. The number of rotatable bonds is 4. The molecule has 0 aromatic heterocycles. The summed E-state index contributed by atoms with van der Waals surface area (Å²) in [5.41, 5.74) is 0.380. The average molecular weight is 462 g/mol. The van der Waals surface area contributed by atoms with Crippen LogP contribution in [0.2, 0.25) is 5.02 Å². The minimum atomic E-state index is -0.472. The van der Waals surface area contributed by atoms with Crippen LogP contribution < -0.4 is 4.74 Å². The number of hydrogen-bond acceptors (Lipinski definition) is 4. The van der Waals surface area contributed by atoms with Gasteiger partial charge < -0.3 is 19.4 Å². The first-order chi connectivity index (χ1) is 15.5. The summed E-state index contributed by atoms with van der Waals surface area (Å²) in [7, 11) is 1.52. The van der Waals surface area contributed by atoms with Crippen molar-refractivity contribution in [3.8, 4) is 5.75 Å². The number of benzene rings is 1. The standard InChI is InChI=1S/C24H32ClN3O4/c1-32-21-8-7-18(25)16-19(21)23(30)28-13-5-6-20(28)24(31)27-14-9-17(10-15-27)22(29)26-11-3-2-4-12-26/h7-8,16-17,20H,2-6,9-15H2,1H3/t20-/m0/s1. The van der Waals surface area contributed by atoms with Gasteiger partial charge in [0, 0.05) is 43.7 Å². The maximum atomic E-state index is 13.3. The normalized spacial score (nSPS) is 22.2. The van der Waals surface area contributed by atoms with Gasteiger partial charge in [0.05, 0.1) is 12.7 Å². The monoisotopic (exact) mass is 461 g/mol. The third-order valence-electron chi connectivity index (χ3n) is 7.01. The molecule has 0 saturated carbocycles. The number of nitrogens with zero attached hydrogens (tertiary/aromatic N) is 3. The van der Waals surface area contributed by atoms with E-state index in [1.165, 1.54) is 13.5 Å². The van der Waals surface area contributed by atoms with Crippen LogP contribution in [0.1, 0.15) is 55.3 Å². The first-order valence-corrected chi connectivity index (χ1v) is 12.1. The maximum Gasteiger partial charge on any atom is 0.258 e. The largest absolute Gasteiger partial charge is 0.496 e. The first kappa shape index (κ1) is 22.9. The van der Waals surface area contributed by atoms with Crippen LogP contribution in [0.15, 0.2) is 18.2 Å². The molecule has 0 radical (unpaired) electrons. The molecule has 0 N–H and O–H groups in total. The van der Waals surface area contributed by atoms with Gasteiger partial charge in [-0.3, -0.25) is 14.4 Å². The van der Waals surface area contributed by atoms with Gasteiger partial charge in [-0.1, -0.05) is 11.6 Å². The van der Waals surface area contributed by atoms with Gasteiger partial charge in [-0.15, -0.1) is 0 Å². The van der Waals surface area contributed by atoms with E-state index in [4.69, 9.17) is 16.3 Å². The van der Waals surface area contributed by atoms with Crippen LogP contribution in [0, 0.1) is 5.92 Å². The van der Waals surface area contributed by atoms with Crippen LogP contribution in [0.4, 0.5) is 0 Å². The van der Waals surface area contributed by atoms with E-state index < -0.39 is 6.04 Å². The van der Waals surface area contributed by atoms with Crippen molar-refractivity contribution in [1.29, 1.82) is 0 Å². The molecule has 0 bridgehead atoms. The molecule has 3 aliphatic heterocycles. The molecule has 4 rings (SSSR count). The molecule has 3 fully saturated rings. The maximum absolute atomic E-state index is 13.3. The molecule has 7 nitrogen and oxygen atoms in total. The topological polar surface area (TPSA) is 70.2 Å². The Morgan fingerprint density at radius 1 is 0.875 bits per heavy atom. The van der Waals surface area contributed by atoms with Crippen LogP contribution in [-0.4, -0.2) is 78.3 Å². The van der Waals surface area contributed by atoms with E-state index in [-0.39, 0.29) is 23.6 Å². The highest BCUT2D eigenvalue weighted by Gasteiger charge is 2.39. The SMILES string of the molecule is COc1ccc(Cl)cc1C(=O)N1CCC[C@H]1C(=O)N1CCC(C(=O)N2CCCCC2)CC1. The molecule has 8 heteroatoms. The number of likely N-dealkylation sites (tertiary alicyclic amines) is 3. The predicted molar refractivity (Wildman–Crippen MR) is 122 cm³/mol. The Bertz CT molecular complexity index is 863. The second-order valence-electron chi connectivity index (χ2n) is 8.99. The lowest BCUT2D eigenvalue weighted by atomic mass is 9.93. The number of halogens is 1. The molecule has 3 saturated heterocycles. The van der Waals surface area contributed by atoms with Gasteiger partial charge in [0.15, 0.2) is 0 Å². The Kier molecular flexibility index (Phi) is 7.23. The number of ether oxygens (including phenoxy) is 1. The fourth-order valence-electron chi connectivity index (χ4n) is 5.20. The molecular formula is C24H32ClN3O4. The number of carbonyl (C=O) groups excluding carboxylic acids is 3. The molecule has 174 valence electrons. The van der Waals surface area contributed by atoms with E-state index in [1.54, 1.807) is 23.1 Å². The zero-order chi connectivity index (χ0) is 22.7. The van der Waals surface area contributed by atoms with Crippen molar-refractivity contribution in [2.45, 2.75) is 51.0 Å². The van der Waals surface area contributed by atoms with Crippen molar-refractivity contribution in [3.05, 3.63) is 28.8 Å². The Hall–Kier alpha value is -2.28. The highest BCUT2D eigenvalue weighted by atomic mass is 35.5. The van der Waals surface area contributed by atoms with Crippen LogP contribution >= 0.6 is 11.6 Å². The summed E-state index contributed by atoms with van der Waals surface area (Å²) in [5.74, 6) is 0.474. The molecule has 1 aromatic rings. The van der Waals surface area contributed by atoms with Gasteiger partial charge >= 0.3 is 0 Å². The van der Waals surface area contributed by atoms with E-state index >= 15 is 0 Å². The van der Waals surface area contributed by atoms with Crippen molar-refractivity contribution in [2.75, 3.05) is 39.8 Å². The van der Waals surface area contributed by atoms with Gasteiger partial charge in [0.1, 0.15) is 11.8 Å². The number of carbonyl (C=O) groups is 3. The van der Waals surface area contributed by atoms with Crippen molar-refractivity contribution >= 4 is 29.3 Å². The number of methoxy groups -OCH3 is 1. The highest BCUT2D eigenvalue weighted by Crippen LogP contribution is 2.29. The number of hydrogen-bond donors (Lipinski definition) is 0. The molecule has 0 spiro atoms. The zero-order valence-corrected chi connectivity index (χ0v) is 19.5. The predicted octanol–water partition coefficient (Wildman–Crippen LogP) is 3.20. The van der Waals surface area contributed by atoms with Gasteiger partial charge in [0.2, 0.25) is 11.8 Å². The zero-order valence-electron chi connectivity index (χ0n) is 18.7. The quantitative estimate of drug-likeness (QED) is 0.690. The van der Waals surface area contributed by atoms with E-state index in [1.807, 2.05) is 9.80 Å². The molecule has 3 heterocycles. The second-order valence-corrected chi connectivity index (χ2v) is 9.42. The molecule has 0 unspecified atom stereocenters. The fraction of sp³-hybridized carbons (Fsp3) is 0.625. The molecular weight excluding hydrogens is 430 g/mol. The molecule has 32 heavy (non-hydrogen) atoms. The summed E-state index contributed by atoms with van der Waals surface area (Å²) in [6.45, 7) is 3.41. The smallest absolute Gasteiger partial charge is 0.258 e. The van der Waals surface area contributed by atoms with Gasteiger partial charge in [-0.05, 0) is 63.1 Å². The van der Waals surface area contributed by atoms with Crippen LogP contribution in [-0.2, 0) is 9.59 Å². The van der Waals surface area contributed by atoms with Crippen molar-refractivity contribution in [3.63, 3.8) is 0 Å². The van der Waals surface area contributed by atoms with Crippen LogP contribution in [0.3, 0.4) is 0 Å². The lowest BCUT2D eigenvalue weighted by molar-refractivity contribution is -0.143. The number of amides is 3. The van der Waals surface area contributed by atoms with Crippen molar-refractivity contribution < 1.29 is 19.1 Å². The third-order valence-corrected chi connectivity index (χ3v) is 7.25. The van der Waals surface area contributed by atoms with Crippen molar-refractivity contribution in [1.82, 2.24) is 14.7 Å². The lowest BCUT2D eigenvalue weighted by Gasteiger charge is -2.37. The fourth-order valence-corrected chi connectivity index (χ4v) is 5.37. The highest BCUT2D eigenvalue weighted by molar-refractivity contribution is 6.31. The Morgan fingerprint density at radius 3 is 2.25 bits per heavy atom. The van der Waals surface area contributed by atoms with Gasteiger partial charge in [0.25, 0.3) is 5.91 Å². The van der Waals surface area contributed by atoms with Crippen LogP contribution in [0.5, 0.6) is 5.75 Å². The molecule has 1 atom stereocenters. The van der Waals surface area contributed by atoms with Crippen molar-refractivity contribution in [2.24, 2.45) is 5.92 Å². The molecule has 0 aliphatic carbocycles. The van der Waals surface area contributed by atoms with Gasteiger partial charge in [-0.2, -0.15) is 0 Å². The summed E-state index contributed by atoms with van der Waals surface area (Å²) in [6.07, 6.45) is 6.22. The third kappa shape index (κ3) is 4.72. The summed E-state index contributed by atoms with van der Waals surface area (Å²) in [6, 6.07) is 4.48. The van der Waals surface area contributed by atoms with Gasteiger partial charge in [-0.25, -0.2) is 0 Å². The Morgan fingerprint density at radius 2 is 1.56 bits per heavy atom. The summed E-state index contributed by atoms with van der Waals surface area (Å²) < 4.78 is 5.34. The van der Waals surface area contributed by atoms with E-state index in [2.05, 4.69) is 0 Å². The summed E-state index contributed by atoms with van der Waals surface area (Å²) >= 11 is 6.11. The summed E-state index contributed by atoms with van der Waals surface area (Å²) in [5, 5.41) is 0.455. The molecule has 3 aliphatic rings. The minimum absolute atomic E-state index is 0.00850. The Labute approximate surface area is 194 Å². The minimum Gasteiger partial charge on any atom is -0.496 e. The second kappa shape index (κ2) is 10.1. The number of piperidine rings is 2. The molecule has 1 aromatic carbocycles. The van der Waals surface area contributed by atoms with E-state index in [0.29, 0.717) is 55.2 Å². The van der Waals surface area contributed by atoms with E-state index in [0.717, 1.165) is 32.4 Å². The van der Waals surface area contributed by atoms with Crippen LogP contribution in [0.25, 0.3) is 0 Å². The lowest BCUT2D eigenvalue weighted by Crippen LogP contribution is -2.51. The Balaban J connectivity index is 1.38. The molecule has 3 amide bonds. The van der Waals surface area contributed by atoms with E-state index in [9.17, 15) is 14.4 Å². The first-order valence-electron chi connectivity index (χ1n) is 11.7. The summed E-state index contributed by atoms with van der Waals surface area (Å²) in [4.78, 5) is 44.9.